The quantitative estimate of drug-likeness (QED) is 0.603. The second kappa shape index (κ2) is 6.66. The molecule has 2 aromatic rings. The number of benzene rings is 2. The van der Waals surface area contributed by atoms with Crippen LogP contribution < -0.4 is 0 Å². The lowest BCUT2D eigenvalue weighted by Gasteiger charge is -2.15. The summed E-state index contributed by atoms with van der Waals surface area (Å²) in [7, 11) is 0. The Labute approximate surface area is 140 Å². The zero-order valence-corrected chi connectivity index (χ0v) is 13.4. The van der Waals surface area contributed by atoms with E-state index >= 15 is 0 Å². The molecule has 4 heteroatoms. The molecule has 0 fully saturated rings. The summed E-state index contributed by atoms with van der Waals surface area (Å²) in [5, 5.41) is 0.926. The number of halogens is 2. The zero-order valence-electron chi connectivity index (χ0n) is 11.9. The van der Waals surface area contributed by atoms with Gasteiger partial charge in [0.25, 0.3) is 0 Å². The minimum atomic E-state index is -0.103. The lowest BCUT2D eigenvalue weighted by molar-refractivity contribution is 0.103. The van der Waals surface area contributed by atoms with Crippen molar-refractivity contribution < 1.29 is 4.79 Å². The predicted octanol–water partition coefficient (Wildman–Crippen LogP) is 4.60. The summed E-state index contributed by atoms with van der Waals surface area (Å²) in [6.07, 6.45) is 4.31. The Morgan fingerprint density at radius 3 is 2.59 bits per heavy atom. The highest BCUT2D eigenvalue weighted by molar-refractivity contribution is 6.36. The van der Waals surface area contributed by atoms with E-state index in [1.165, 1.54) is 0 Å². The van der Waals surface area contributed by atoms with Crippen LogP contribution in [0, 0.1) is 0 Å². The molecule has 2 aromatic carbocycles. The van der Waals surface area contributed by atoms with Crippen molar-refractivity contribution in [2.45, 2.75) is 6.54 Å². The third kappa shape index (κ3) is 3.41. The van der Waals surface area contributed by atoms with Crippen LogP contribution in [-0.2, 0) is 6.54 Å². The number of carbonyl (C=O) groups is 1. The average molecular weight is 332 g/mol. The van der Waals surface area contributed by atoms with Crippen molar-refractivity contribution in [3.63, 3.8) is 0 Å². The van der Waals surface area contributed by atoms with Crippen LogP contribution in [-0.4, -0.2) is 23.8 Å². The number of hydrogen-bond donors (Lipinski definition) is 0. The van der Waals surface area contributed by atoms with Gasteiger partial charge in [0.15, 0.2) is 5.78 Å². The van der Waals surface area contributed by atoms with Gasteiger partial charge in [-0.05, 0) is 29.8 Å². The summed E-state index contributed by atoms with van der Waals surface area (Å²) in [5.74, 6) is -0.103. The van der Waals surface area contributed by atoms with Crippen LogP contribution in [0.15, 0.2) is 54.6 Å². The molecule has 0 aliphatic carbocycles. The van der Waals surface area contributed by atoms with Gasteiger partial charge in [-0.15, -0.1) is 0 Å². The molecule has 0 radical (unpaired) electrons. The van der Waals surface area contributed by atoms with Gasteiger partial charge >= 0.3 is 0 Å². The SMILES string of the molecule is O=C(c1cccc(CN2CC=CC2)c1)c1cc(Cl)ccc1Cl. The topological polar surface area (TPSA) is 20.3 Å². The molecule has 0 saturated carbocycles. The van der Waals surface area contributed by atoms with Crippen LogP contribution in [0.1, 0.15) is 21.5 Å². The fourth-order valence-corrected chi connectivity index (χ4v) is 2.92. The molecule has 1 aliphatic rings. The van der Waals surface area contributed by atoms with Gasteiger partial charge in [-0.1, -0.05) is 53.6 Å². The van der Waals surface area contributed by atoms with E-state index in [4.69, 9.17) is 23.2 Å². The molecule has 0 amide bonds. The minimum absolute atomic E-state index is 0.103. The molecule has 3 rings (SSSR count). The van der Waals surface area contributed by atoms with E-state index in [1.54, 1.807) is 18.2 Å². The molecule has 1 heterocycles. The van der Waals surface area contributed by atoms with Gasteiger partial charge in [0.2, 0.25) is 0 Å². The van der Waals surface area contributed by atoms with Crippen molar-refractivity contribution >= 4 is 29.0 Å². The Morgan fingerprint density at radius 1 is 1.05 bits per heavy atom. The lowest BCUT2D eigenvalue weighted by atomic mass is 10.0. The van der Waals surface area contributed by atoms with Crippen LogP contribution in [0.5, 0.6) is 0 Å². The molecule has 0 bridgehead atoms. The van der Waals surface area contributed by atoms with Crippen LogP contribution in [0.3, 0.4) is 0 Å². The fourth-order valence-electron chi connectivity index (χ4n) is 2.55. The van der Waals surface area contributed by atoms with Crippen LogP contribution in [0.4, 0.5) is 0 Å². The maximum absolute atomic E-state index is 12.6. The van der Waals surface area contributed by atoms with E-state index in [2.05, 4.69) is 17.1 Å². The maximum atomic E-state index is 12.6. The predicted molar refractivity (Wildman–Crippen MR) is 90.8 cm³/mol. The van der Waals surface area contributed by atoms with E-state index in [1.807, 2.05) is 24.3 Å². The number of rotatable bonds is 4. The van der Waals surface area contributed by atoms with Gasteiger partial charge in [-0.2, -0.15) is 0 Å². The lowest BCUT2D eigenvalue weighted by Crippen LogP contribution is -2.19. The van der Waals surface area contributed by atoms with Crippen LogP contribution in [0.2, 0.25) is 10.0 Å². The molecule has 112 valence electrons. The Kier molecular flexibility index (Phi) is 4.63. The molecular formula is C18H15Cl2NO. The fraction of sp³-hybridized carbons (Fsp3) is 0.167. The summed E-state index contributed by atoms with van der Waals surface area (Å²) in [6.45, 7) is 2.74. The van der Waals surface area contributed by atoms with Gasteiger partial charge < -0.3 is 0 Å². The molecule has 0 unspecified atom stereocenters. The van der Waals surface area contributed by atoms with Crippen LogP contribution in [0.25, 0.3) is 0 Å². The Bertz CT molecular complexity index is 732. The average Bonchev–Trinajstić information content (AvgIpc) is 3.02. The van der Waals surface area contributed by atoms with Crippen LogP contribution >= 0.6 is 23.2 Å². The number of carbonyl (C=O) groups excluding carboxylic acids is 1. The highest BCUT2D eigenvalue weighted by Gasteiger charge is 2.15. The summed E-state index contributed by atoms with van der Waals surface area (Å²) < 4.78 is 0. The highest BCUT2D eigenvalue weighted by atomic mass is 35.5. The zero-order chi connectivity index (χ0) is 15.5. The van der Waals surface area contributed by atoms with Crippen molar-refractivity contribution in [3.05, 3.63) is 81.4 Å². The van der Waals surface area contributed by atoms with Gasteiger partial charge in [0, 0.05) is 35.8 Å². The first kappa shape index (κ1) is 15.3. The minimum Gasteiger partial charge on any atom is -0.292 e. The number of nitrogens with zero attached hydrogens (tertiary/aromatic N) is 1. The van der Waals surface area contributed by atoms with E-state index in [0.717, 1.165) is 25.2 Å². The van der Waals surface area contributed by atoms with Crippen molar-refractivity contribution in [1.82, 2.24) is 4.90 Å². The third-order valence-electron chi connectivity index (χ3n) is 3.66. The molecule has 0 atom stereocenters. The van der Waals surface area contributed by atoms with Gasteiger partial charge in [0.05, 0.1) is 5.02 Å². The second-order valence-corrected chi connectivity index (χ2v) is 6.16. The Morgan fingerprint density at radius 2 is 1.82 bits per heavy atom. The summed E-state index contributed by atoms with van der Waals surface area (Å²) >= 11 is 12.1. The second-order valence-electron chi connectivity index (χ2n) is 5.32. The normalized spacial score (nSPS) is 14.5. The Hall–Kier alpha value is -1.61. The highest BCUT2D eigenvalue weighted by Crippen LogP contribution is 2.24. The largest absolute Gasteiger partial charge is 0.292 e. The molecule has 1 aliphatic heterocycles. The van der Waals surface area contributed by atoms with Crippen molar-refractivity contribution in [2.75, 3.05) is 13.1 Å². The smallest absolute Gasteiger partial charge is 0.194 e. The van der Waals surface area contributed by atoms with E-state index < -0.39 is 0 Å². The number of hydrogen-bond acceptors (Lipinski definition) is 2. The maximum Gasteiger partial charge on any atom is 0.194 e. The monoisotopic (exact) mass is 331 g/mol. The molecular weight excluding hydrogens is 317 g/mol. The summed E-state index contributed by atoms with van der Waals surface area (Å²) in [4.78, 5) is 14.9. The first-order valence-corrected chi connectivity index (χ1v) is 7.85. The van der Waals surface area contributed by atoms with E-state index in [9.17, 15) is 4.79 Å². The third-order valence-corrected chi connectivity index (χ3v) is 4.23. The van der Waals surface area contributed by atoms with E-state index in [0.29, 0.717) is 21.2 Å². The molecule has 0 N–H and O–H groups in total. The van der Waals surface area contributed by atoms with Gasteiger partial charge in [0.1, 0.15) is 0 Å². The molecule has 0 aromatic heterocycles. The van der Waals surface area contributed by atoms with E-state index in [-0.39, 0.29) is 5.78 Å². The van der Waals surface area contributed by atoms with Crippen molar-refractivity contribution in [3.8, 4) is 0 Å². The summed E-state index contributed by atoms with van der Waals surface area (Å²) in [5.41, 5.74) is 2.19. The van der Waals surface area contributed by atoms with Crippen molar-refractivity contribution in [1.29, 1.82) is 0 Å². The Balaban J connectivity index is 1.84. The molecule has 0 saturated heterocycles. The van der Waals surface area contributed by atoms with Crippen molar-refractivity contribution in [2.24, 2.45) is 0 Å². The first-order chi connectivity index (χ1) is 10.6. The summed E-state index contributed by atoms with van der Waals surface area (Å²) in [6, 6.07) is 12.6. The first-order valence-electron chi connectivity index (χ1n) is 7.09. The number of ketones is 1. The van der Waals surface area contributed by atoms with Gasteiger partial charge in [-0.25, -0.2) is 0 Å². The standard InChI is InChI=1S/C18H15Cl2NO/c19-15-6-7-17(20)16(11-15)18(22)14-5-3-4-13(10-14)12-21-8-1-2-9-21/h1-7,10-11H,8-9,12H2. The molecule has 0 spiro atoms. The molecule has 2 nitrogen and oxygen atoms in total. The molecule has 22 heavy (non-hydrogen) atoms. The van der Waals surface area contributed by atoms with Gasteiger partial charge in [-0.3, -0.25) is 9.69 Å².